The van der Waals surface area contributed by atoms with Crippen LogP contribution in [0.25, 0.3) is 0 Å². The molecule has 0 saturated heterocycles. The first-order valence-electron chi connectivity index (χ1n) is 3.39. The van der Waals surface area contributed by atoms with Crippen molar-refractivity contribution in [2.75, 3.05) is 0 Å². The van der Waals surface area contributed by atoms with Gasteiger partial charge in [-0.1, -0.05) is 0 Å². The Balaban J connectivity index is 2.95. The first kappa shape index (κ1) is 8.64. The number of aliphatic carboxylic acids is 1. The Morgan fingerprint density at radius 1 is 1.67 bits per heavy atom. The standard InChI is InChI=1S/C8H8FNO2/c1-5-2-6(4-10-3-5)7(9)8(11)12/h2-4,7H,1H3,(H,11,12). The number of carbonyl (C=O) groups is 1. The molecule has 1 atom stereocenters. The number of nitrogens with zero attached hydrogens (tertiary/aromatic N) is 1. The van der Waals surface area contributed by atoms with Gasteiger partial charge in [0, 0.05) is 18.0 Å². The summed E-state index contributed by atoms with van der Waals surface area (Å²) in [5.74, 6) is -1.48. The molecule has 1 unspecified atom stereocenters. The first-order valence-corrected chi connectivity index (χ1v) is 3.39. The van der Waals surface area contributed by atoms with Crippen molar-refractivity contribution >= 4 is 5.97 Å². The van der Waals surface area contributed by atoms with Gasteiger partial charge < -0.3 is 5.11 Å². The van der Waals surface area contributed by atoms with E-state index in [0.717, 1.165) is 5.56 Å². The lowest BCUT2D eigenvalue weighted by Gasteiger charge is -2.02. The summed E-state index contributed by atoms with van der Waals surface area (Å²) in [7, 11) is 0. The monoisotopic (exact) mass is 169 g/mol. The topological polar surface area (TPSA) is 50.2 Å². The molecule has 1 rings (SSSR count). The number of carboxylic acid groups (broad SMARTS) is 1. The molecule has 0 aliphatic rings. The van der Waals surface area contributed by atoms with Crippen LogP contribution >= 0.6 is 0 Å². The van der Waals surface area contributed by atoms with Gasteiger partial charge in [0.15, 0.2) is 0 Å². The maximum atomic E-state index is 12.8. The van der Waals surface area contributed by atoms with E-state index < -0.39 is 12.1 Å². The summed E-state index contributed by atoms with van der Waals surface area (Å²) in [6, 6.07) is 1.46. The average Bonchev–Trinajstić information content (AvgIpc) is 2.03. The summed E-state index contributed by atoms with van der Waals surface area (Å²) in [5.41, 5.74) is 0.832. The van der Waals surface area contributed by atoms with Gasteiger partial charge in [-0.25, -0.2) is 9.18 Å². The van der Waals surface area contributed by atoms with Crippen molar-refractivity contribution in [2.24, 2.45) is 0 Å². The number of carboxylic acids is 1. The molecule has 1 heterocycles. The van der Waals surface area contributed by atoms with Gasteiger partial charge in [-0.3, -0.25) is 4.98 Å². The van der Waals surface area contributed by atoms with Gasteiger partial charge in [0.25, 0.3) is 0 Å². The van der Waals surface area contributed by atoms with Crippen LogP contribution in [0, 0.1) is 6.92 Å². The van der Waals surface area contributed by atoms with Crippen LogP contribution in [-0.4, -0.2) is 16.1 Å². The highest BCUT2D eigenvalue weighted by atomic mass is 19.1. The Kier molecular flexibility index (Phi) is 2.38. The molecule has 0 aliphatic carbocycles. The molecule has 3 nitrogen and oxygen atoms in total. The fourth-order valence-electron chi connectivity index (χ4n) is 0.860. The second-order valence-corrected chi connectivity index (χ2v) is 2.50. The normalized spacial score (nSPS) is 12.5. The van der Waals surface area contributed by atoms with E-state index in [1.165, 1.54) is 18.5 Å². The maximum Gasteiger partial charge on any atom is 0.343 e. The SMILES string of the molecule is Cc1cncc(C(F)C(=O)O)c1. The third kappa shape index (κ3) is 1.78. The second-order valence-electron chi connectivity index (χ2n) is 2.50. The van der Waals surface area contributed by atoms with Crippen molar-refractivity contribution in [3.8, 4) is 0 Å². The summed E-state index contributed by atoms with van der Waals surface area (Å²) in [4.78, 5) is 13.9. The Morgan fingerprint density at radius 3 is 2.83 bits per heavy atom. The van der Waals surface area contributed by atoms with Crippen LogP contribution < -0.4 is 0 Å². The summed E-state index contributed by atoms with van der Waals surface area (Å²) in [6.07, 6.45) is 0.779. The average molecular weight is 169 g/mol. The molecule has 0 aliphatic heterocycles. The van der Waals surface area contributed by atoms with E-state index in [2.05, 4.69) is 4.98 Å². The molecule has 12 heavy (non-hydrogen) atoms. The van der Waals surface area contributed by atoms with Crippen LogP contribution in [0.3, 0.4) is 0 Å². The molecule has 0 spiro atoms. The Labute approximate surface area is 68.9 Å². The lowest BCUT2D eigenvalue weighted by Crippen LogP contribution is -2.06. The largest absolute Gasteiger partial charge is 0.479 e. The maximum absolute atomic E-state index is 12.8. The molecular weight excluding hydrogens is 161 g/mol. The van der Waals surface area contributed by atoms with E-state index in [1.54, 1.807) is 6.92 Å². The predicted octanol–water partition coefficient (Wildman–Crippen LogP) is 1.49. The van der Waals surface area contributed by atoms with E-state index in [1.807, 2.05) is 0 Å². The fourth-order valence-corrected chi connectivity index (χ4v) is 0.860. The molecule has 0 fully saturated rings. The van der Waals surface area contributed by atoms with Crippen molar-refractivity contribution in [3.05, 3.63) is 29.6 Å². The minimum atomic E-state index is -1.97. The number of hydrogen-bond acceptors (Lipinski definition) is 2. The quantitative estimate of drug-likeness (QED) is 0.729. The van der Waals surface area contributed by atoms with Gasteiger partial charge in [0.2, 0.25) is 6.17 Å². The van der Waals surface area contributed by atoms with E-state index in [4.69, 9.17) is 5.11 Å². The zero-order chi connectivity index (χ0) is 9.14. The van der Waals surface area contributed by atoms with E-state index in [-0.39, 0.29) is 5.56 Å². The minimum absolute atomic E-state index is 0.0856. The van der Waals surface area contributed by atoms with Crippen molar-refractivity contribution in [2.45, 2.75) is 13.1 Å². The van der Waals surface area contributed by atoms with Crippen LogP contribution in [0.4, 0.5) is 4.39 Å². The lowest BCUT2D eigenvalue weighted by atomic mass is 10.1. The summed E-state index contributed by atoms with van der Waals surface area (Å²) < 4.78 is 12.8. The Morgan fingerprint density at radius 2 is 2.33 bits per heavy atom. The Hall–Kier alpha value is -1.45. The smallest absolute Gasteiger partial charge is 0.343 e. The van der Waals surface area contributed by atoms with E-state index >= 15 is 0 Å². The number of rotatable bonds is 2. The van der Waals surface area contributed by atoms with Crippen molar-refractivity contribution in [1.82, 2.24) is 4.98 Å². The first-order chi connectivity index (χ1) is 5.61. The van der Waals surface area contributed by atoms with Gasteiger partial charge in [0.05, 0.1) is 0 Å². The molecule has 1 aromatic heterocycles. The third-order valence-electron chi connectivity index (χ3n) is 1.41. The molecule has 4 heteroatoms. The highest BCUT2D eigenvalue weighted by Gasteiger charge is 2.18. The number of aromatic nitrogens is 1. The van der Waals surface area contributed by atoms with Crippen LogP contribution in [-0.2, 0) is 4.79 Å². The molecular formula is C8H8FNO2. The highest BCUT2D eigenvalue weighted by molar-refractivity contribution is 5.74. The van der Waals surface area contributed by atoms with Crippen molar-refractivity contribution < 1.29 is 14.3 Å². The van der Waals surface area contributed by atoms with Crippen LogP contribution in [0.15, 0.2) is 18.5 Å². The summed E-state index contributed by atoms with van der Waals surface area (Å²) in [5, 5.41) is 8.32. The molecule has 0 radical (unpaired) electrons. The molecule has 0 bridgehead atoms. The van der Waals surface area contributed by atoms with Crippen LogP contribution in [0.2, 0.25) is 0 Å². The molecule has 1 aromatic rings. The highest BCUT2D eigenvalue weighted by Crippen LogP contribution is 2.16. The number of pyridine rings is 1. The molecule has 0 amide bonds. The molecule has 64 valence electrons. The third-order valence-corrected chi connectivity index (χ3v) is 1.41. The summed E-state index contributed by atoms with van der Waals surface area (Å²) >= 11 is 0. The van der Waals surface area contributed by atoms with E-state index in [0.29, 0.717) is 0 Å². The van der Waals surface area contributed by atoms with Gasteiger partial charge in [-0.15, -0.1) is 0 Å². The Bertz CT molecular complexity index is 301. The molecule has 0 aromatic carbocycles. The fraction of sp³-hybridized carbons (Fsp3) is 0.250. The number of alkyl halides is 1. The van der Waals surface area contributed by atoms with Crippen LogP contribution in [0.5, 0.6) is 0 Å². The van der Waals surface area contributed by atoms with Gasteiger partial charge in [-0.2, -0.15) is 0 Å². The minimum Gasteiger partial charge on any atom is -0.479 e. The van der Waals surface area contributed by atoms with E-state index in [9.17, 15) is 9.18 Å². The number of hydrogen-bond donors (Lipinski definition) is 1. The van der Waals surface area contributed by atoms with Gasteiger partial charge >= 0.3 is 5.97 Å². The predicted molar refractivity (Wildman–Crippen MR) is 40.5 cm³/mol. The zero-order valence-corrected chi connectivity index (χ0v) is 6.49. The number of halogens is 1. The van der Waals surface area contributed by atoms with Gasteiger partial charge in [-0.05, 0) is 18.6 Å². The van der Waals surface area contributed by atoms with Crippen molar-refractivity contribution in [1.29, 1.82) is 0 Å². The lowest BCUT2D eigenvalue weighted by molar-refractivity contribution is -0.143. The molecule has 1 N–H and O–H groups in total. The zero-order valence-electron chi connectivity index (χ0n) is 6.49. The van der Waals surface area contributed by atoms with Crippen molar-refractivity contribution in [3.63, 3.8) is 0 Å². The van der Waals surface area contributed by atoms with Gasteiger partial charge in [0.1, 0.15) is 0 Å². The summed E-state index contributed by atoms with van der Waals surface area (Å²) in [6.45, 7) is 1.73. The second kappa shape index (κ2) is 3.30. The number of aryl methyl sites for hydroxylation is 1. The molecule has 0 saturated carbocycles. The van der Waals surface area contributed by atoms with Crippen LogP contribution in [0.1, 0.15) is 17.3 Å².